The van der Waals surface area contributed by atoms with Crippen LogP contribution in [0.5, 0.6) is 0 Å². The summed E-state index contributed by atoms with van der Waals surface area (Å²) in [6.07, 6.45) is -3.31. The highest BCUT2D eigenvalue weighted by molar-refractivity contribution is 6.30. The molecule has 2 nitrogen and oxygen atoms in total. The highest BCUT2D eigenvalue weighted by Crippen LogP contribution is 2.40. The van der Waals surface area contributed by atoms with Crippen LogP contribution in [-0.2, 0) is 11.6 Å². The number of halogens is 5. The minimum absolute atomic E-state index is 0.0679. The van der Waals surface area contributed by atoms with E-state index in [1.165, 1.54) is 6.20 Å². The summed E-state index contributed by atoms with van der Waals surface area (Å²) in [6.45, 7) is -0.119. The van der Waals surface area contributed by atoms with Crippen molar-refractivity contribution in [2.24, 2.45) is 5.73 Å². The molecule has 0 amide bonds. The Kier molecular flexibility index (Phi) is 5.22. The van der Waals surface area contributed by atoms with Crippen molar-refractivity contribution in [3.8, 4) is 0 Å². The van der Waals surface area contributed by atoms with Gasteiger partial charge in [-0.2, -0.15) is 13.2 Å². The Morgan fingerprint density at radius 2 is 1.56 bits per heavy atom. The van der Waals surface area contributed by atoms with Gasteiger partial charge in [-0.1, -0.05) is 41.9 Å². The average Bonchev–Trinajstić information content (AvgIpc) is 2.64. The lowest BCUT2D eigenvalue weighted by Crippen LogP contribution is -2.39. The zero-order chi connectivity index (χ0) is 19.7. The maximum atomic E-state index is 14.1. The lowest BCUT2D eigenvalue weighted by atomic mass is 9.71. The third-order valence-electron chi connectivity index (χ3n) is 4.46. The van der Waals surface area contributed by atoms with Crippen molar-refractivity contribution in [1.82, 2.24) is 4.98 Å². The van der Waals surface area contributed by atoms with Crippen molar-refractivity contribution in [2.45, 2.75) is 11.6 Å². The van der Waals surface area contributed by atoms with Gasteiger partial charge in [-0.3, -0.25) is 4.98 Å². The van der Waals surface area contributed by atoms with E-state index in [0.717, 1.165) is 12.1 Å². The van der Waals surface area contributed by atoms with E-state index in [4.69, 9.17) is 17.3 Å². The molecule has 1 aromatic heterocycles. The number of benzene rings is 2. The molecule has 1 heterocycles. The summed E-state index contributed by atoms with van der Waals surface area (Å²) in [6, 6.07) is 14.3. The van der Waals surface area contributed by atoms with Crippen molar-refractivity contribution in [2.75, 3.05) is 6.54 Å². The molecule has 7 heteroatoms. The van der Waals surface area contributed by atoms with Crippen LogP contribution in [0.2, 0.25) is 5.02 Å². The summed E-state index contributed by atoms with van der Waals surface area (Å²) in [4.78, 5) is 4.28. The van der Waals surface area contributed by atoms with Gasteiger partial charge in [0, 0.05) is 12.7 Å². The molecular formula is C20H15ClF4N2. The number of pyridine rings is 1. The molecule has 0 radical (unpaired) electrons. The van der Waals surface area contributed by atoms with Gasteiger partial charge >= 0.3 is 6.18 Å². The van der Waals surface area contributed by atoms with Crippen molar-refractivity contribution < 1.29 is 17.6 Å². The molecule has 1 unspecified atom stereocenters. The normalized spacial score (nSPS) is 14.0. The van der Waals surface area contributed by atoms with Crippen molar-refractivity contribution in [3.05, 3.63) is 100 Å². The Morgan fingerprint density at radius 1 is 0.889 bits per heavy atom. The molecule has 27 heavy (non-hydrogen) atoms. The quantitative estimate of drug-likeness (QED) is 0.619. The first-order valence-corrected chi connectivity index (χ1v) is 8.41. The molecular weight excluding hydrogens is 380 g/mol. The number of alkyl halides is 3. The molecule has 0 fully saturated rings. The lowest BCUT2D eigenvalue weighted by molar-refractivity contribution is -0.137. The molecule has 0 saturated heterocycles. The number of nitrogens with zero attached hydrogens (tertiary/aromatic N) is 1. The van der Waals surface area contributed by atoms with Crippen molar-refractivity contribution in [1.29, 1.82) is 0 Å². The minimum Gasteiger partial charge on any atom is -0.329 e. The van der Waals surface area contributed by atoms with Crippen LogP contribution in [0.1, 0.15) is 22.4 Å². The van der Waals surface area contributed by atoms with E-state index in [0.29, 0.717) is 22.3 Å². The van der Waals surface area contributed by atoms with Crippen LogP contribution in [0.4, 0.5) is 17.6 Å². The van der Waals surface area contributed by atoms with E-state index in [9.17, 15) is 17.6 Å². The van der Waals surface area contributed by atoms with E-state index in [1.54, 1.807) is 42.5 Å². The van der Waals surface area contributed by atoms with Gasteiger partial charge in [0.05, 0.1) is 21.7 Å². The Labute approximate surface area is 158 Å². The number of aromatic nitrogens is 1. The molecule has 2 N–H and O–H groups in total. The second-order valence-electron chi connectivity index (χ2n) is 6.06. The van der Waals surface area contributed by atoms with Crippen LogP contribution in [0, 0.1) is 5.82 Å². The molecule has 0 aliphatic carbocycles. The van der Waals surface area contributed by atoms with Gasteiger partial charge in [-0.05, 0) is 41.5 Å². The molecule has 3 aromatic rings. The maximum Gasteiger partial charge on any atom is 0.416 e. The van der Waals surface area contributed by atoms with E-state index < -0.39 is 23.0 Å². The summed E-state index contributed by atoms with van der Waals surface area (Å²) in [5.41, 5.74) is 4.76. The Morgan fingerprint density at radius 3 is 2.11 bits per heavy atom. The lowest BCUT2D eigenvalue weighted by Gasteiger charge is -2.34. The van der Waals surface area contributed by atoms with Crippen LogP contribution >= 0.6 is 11.6 Å². The monoisotopic (exact) mass is 394 g/mol. The van der Waals surface area contributed by atoms with Crippen LogP contribution < -0.4 is 5.73 Å². The maximum absolute atomic E-state index is 14.1. The fourth-order valence-corrected chi connectivity index (χ4v) is 3.27. The fraction of sp³-hybridized carbons (Fsp3) is 0.150. The molecule has 0 spiro atoms. The van der Waals surface area contributed by atoms with E-state index >= 15 is 0 Å². The van der Waals surface area contributed by atoms with Gasteiger partial charge in [0.2, 0.25) is 0 Å². The highest BCUT2D eigenvalue weighted by atomic mass is 35.5. The zero-order valence-electron chi connectivity index (χ0n) is 14.0. The van der Waals surface area contributed by atoms with Crippen molar-refractivity contribution in [3.63, 3.8) is 0 Å². The largest absolute Gasteiger partial charge is 0.416 e. The second kappa shape index (κ2) is 7.29. The summed E-state index contributed by atoms with van der Waals surface area (Å²) < 4.78 is 53.9. The first kappa shape index (κ1) is 19.3. The first-order chi connectivity index (χ1) is 12.8. The third-order valence-corrected chi connectivity index (χ3v) is 4.68. The van der Waals surface area contributed by atoms with Gasteiger partial charge in [0.25, 0.3) is 0 Å². The second-order valence-corrected chi connectivity index (χ2v) is 6.50. The Hall–Kier alpha value is -2.44. The topological polar surface area (TPSA) is 38.9 Å². The minimum atomic E-state index is -4.69. The molecule has 0 aliphatic heterocycles. The highest BCUT2D eigenvalue weighted by Gasteiger charge is 2.39. The van der Waals surface area contributed by atoms with Crippen LogP contribution in [-0.4, -0.2) is 11.5 Å². The Bertz CT molecular complexity index is 927. The Balaban J connectivity index is 2.34. The van der Waals surface area contributed by atoms with Crippen LogP contribution in [0.25, 0.3) is 0 Å². The smallest absolute Gasteiger partial charge is 0.329 e. The van der Waals surface area contributed by atoms with E-state index in [1.807, 2.05) is 0 Å². The summed E-state index contributed by atoms with van der Waals surface area (Å²) in [5, 5.41) is 0.368. The third kappa shape index (κ3) is 3.68. The van der Waals surface area contributed by atoms with E-state index in [-0.39, 0.29) is 12.1 Å². The molecule has 140 valence electrons. The van der Waals surface area contributed by atoms with Crippen molar-refractivity contribution >= 4 is 11.6 Å². The van der Waals surface area contributed by atoms with Gasteiger partial charge in [-0.15, -0.1) is 0 Å². The number of nitrogens with two attached hydrogens (primary N) is 1. The average molecular weight is 395 g/mol. The number of hydrogen-bond acceptors (Lipinski definition) is 2. The SMILES string of the molecule is NCC(c1ccccc1)(c1cc(F)cc(C(F)(F)F)c1)c1ccc(Cl)cn1. The van der Waals surface area contributed by atoms with Gasteiger partial charge in [0.1, 0.15) is 5.82 Å². The predicted molar refractivity (Wildman–Crippen MR) is 96.0 cm³/mol. The molecule has 2 aromatic carbocycles. The first-order valence-electron chi connectivity index (χ1n) is 8.03. The molecule has 0 aliphatic rings. The molecule has 1 atom stereocenters. The van der Waals surface area contributed by atoms with Crippen LogP contribution in [0.15, 0.2) is 66.9 Å². The number of hydrogen-bond donors (Lipinski definition) is 1. The van der Waals surface area contributed by atoms with Crippen LogP contribution in [0.3, 0.4) is 0 Å². The zero-order valence-corrected chi connectivity index (χ0v) is 14.7. The molecule has 3 rings (SSSR count). The summed E-state index contributed by atoms with van der Waals surface area (Å²) >= 11 is 5.90. The number of rotatable bonds is 4. The standard InChI is InChI=1S/C20H15ClF4N2/c21-16-6-7-18(27-11-16)19(12-26,13-4-2-1-3-5-13)14-8-15(20(23,24)25)10-17(22)9-14/h1-11H,12,26H2. The molecule has 0 bridgehead atoms. The van der Waals surface area contributed by atoms with E-state index in [2.05, 4.69) is 4.98 Å². The summed E-state index contributed by atoms with van der Waals surface area (Å²) in [5.74, 6) is -0.998. The van der Waals surface area contributed by atoms with Gasteiger partial charge in [-0.25, -0.2) is 4.39 Å². The molecule has 0 saturated carbocycles. The predicted octanol–water partition coefficient (Wildman–Crippen LogP) is 5.19. The summed E-state index contributed by atoms with van der Waals surface area (Å²) in [7, 11) is 0. The van der Waals surface area contributed by atoms with Gasteiger partial charge < -0.3 is 5.73 Å². The fourth-order valence-electron chi connectivity index (χ4n) is 3.15. The van der Waals surface area contributed by atoms with Gasteiger partial charge in [0.15, 0.2) is 0 Å².